The Morgan fingerprint density at radius 3 is 2.77 bits per heavy atom. The van der Waals surface area contributed by atoms with Crippen LogP contribution in [0.4, 0.5) is 10.3 Å². The van der Waals surface area contributed by atoms with Gasteiger partial charge in [-0.2, -0.15) is 0 Å². The fraction of sp³-hybridized carbons (Fsp3) is 0.450. The molecule has 136 valence electrons. The topological polar surface area (TPSA) is 58.1 Å². The number of aryl methyl sites for hydroxylation is 1. The molecule has 1 N–H and O–H groups in total. The van der Waals surface area contributed by atoms with Crippen molar-refractivity contribution in [1.29, 1.82) is 0 Å². The van der Waals surface area contributed by atoms with E-state index >= 15 is 0 Å². The van der Waals surface area contributed by atoms with Crippen molar-refractivity contribution in [3.8, 4) is 0 Å². The number of nitrogens with one attached hydrogen (secondary N) is 1. The lowest BCUT2D eigenvalue weighted by molar-refractivity contribution is 0.0928. The third-order valence-electron chi connectivity index (χ3n) is 5.23. The molecule has 2 heterocycles. The van der Waals surface area contributed by atoms with Crippen LogP contribution in [0.25, 0.3) is 0 Å². The number of carbonyl (C=O) groups excluding carboxylic acids is 1. The highest BCUT2D eigenvalue weighted by molar-refractivity contribution is 5.94. The molecule has 0 bridgehead atoms. The first-order chi connectivity index (χ1) is 12.7. The van der Waals surface area contributed by atoms with Crippen molar-refractivity contribution < 1.29 is 9.18 Å². The summed E-state index contributed by atoms with van der Waals surface area (Å²) < 4.78 is 13.9. The van der Waals surface area contributed by atoms with E-state index in [0.29, 0.717) is 0 Å². The van der Waals surface area contributed by atoms with Crippen molar-refractivity contribution in [2.24, 2.45) is 0 Å². The van der Waals surface area contributed by atoms with Gasteiger partial charge in [-0.1, -0.05) is 12.1 Å². The molecule has 1 aliphatic carbocycles. The van der Waals surface area contributed by atoms with Crippen molar-refractivity contribution in [3.63, 3.8) is 0 Å². The zero-order chi connectivity index (χ0) is 17.9. The summed E-state index contributed by atoms with van der Waals surface area (Å²) >= 11 is 0. The zero-order valence-electron chi connectivity index (χ0n) is 14.7. The van der Waals surface area contributed by atoms with Gasteiger partial charge in [-0.05, 0) is 50.7 Å². The van der Waals surface area contributed by atoms with Crippen molar-refractivity contribution in [3.05, 3.63) is 53.1 Å². The second-order valence-electron chi connectivity index (χ2n) is 7.02. The molecule has 1 aliphatic heterocycles. The number of fused-ring (bicyclic) bond motifs is 1. The minimum atomic E-state index is -0.502. The maximum Gasteiger partial charge on any atom is 0.254 e. The molecular formula is C20H23FN4O. The molecule has 1 saturated heterocycles. The average Bonchev–Trinajstić information content (AvgIpc) is 2.69. The highest BCUT2D eigenvalue weighted by atomic mass is 19.1. The first-order valence-electron chi connectivity index (χ1n) is 9.38. The number of anilines is 1. The number of benzene rings is 1. The van der Waals surface area contributed by atoms with Gasteiger partial charge in [0.25, 0.3) is 5.91 Å². The maximum absolute atomic E-state index is 13.9. The molecule has 1 amide bonds. The van der Waals surface area contributed by atoms with Gasteiger partial charge in [0.15, 0.2) is 0 Å². The van der Waals surface area contributed by atoms with Crippen LogP contribution in [0, 0.1) is 5.82 Å². The quantitative estimate of drug-likeness (QED) is 0.918. The van der Waals surface area contributed by atoms with Crippen molar-refractivity contribution >= 4 is 11.9 Å². The van der Waals surface area contributed by atoms with Gasteiger partial charge in [-0.25, -0.2) is 14.4 Å². The predicted molar refractivity (Wildman–Crippen MR) is 97.6 cm³/mol. The number of carbonyl (C=O) groups is 1. The van der Waals surface area contributed by atoms with E-state index < -0.39 is 5.82 Å². The highest BCUT2D eigenvalue weighted by Crippen LogP contribution is 2.30. The molecule has 1 atom stereocenters. The summed E-state index contributed by atoms with van der Waals surface area (Å²) in [7, 11) is 0. The van der Waals surface area contributed by atoms with Crippen LogP contribution in [0.2, 0.25) is 0 Å². The van der Waals surface area contributed by atoms with Gasteiger partial charge in [0, 0.05) is 24.8 Å². The van der Waals surface area contributed by atoms with Gasteiger partial charge in [0.2, 0.25) is 5.95 Å². The third-order valence-corrected chi connectivity index (χ3v) is 5.23. The normalized spacial score (nSPS) is 19.7. The number of halogens is 1. The zero-order valence-corrected chi connectivity index (χ0v) is 14.7. The number of rotatable bonds is 3. The molecule has 1 fully saturated rings. The molecule has 2 aromatic rings. The molecule has 0 saturated carbocycles. The first-order valence-corrected chi connectivity index (χ1v) is 9.38. The van der Waals surface area contributed by atoms with E-state index in [9.17, 15) is 9.18 Å². The lowest BCUT2D eigenvalue weighted by Crippen LogP contribution is -2.34. The van der Waals surface area contributed by atoms with E-state index in [1.165, 1.54) is 31.4 Å². The Labute approximate surface area is 152 Å². The van der Waals surface area contributed by atoms with Crippen LogP contribution >= 0.6 is 0 Å². The Morgan fingerprint density at radius 2 is 1.96 bits per heavy atom. The van der Waals surface area contributed by atoms with Gasteiger partial charge < -0.3 is 10.2 Å². The minimum absolute atomic E-state index is 0.0745. The molecule has 0 unspecified atom stereocenters. The number of nitrogens with zero attached hydrogens (tertiary/aromatic N) is 3. The molecule has 2 aliphatic rings. The summed E-state index contributed by atoms with van der Waals surface area (Å²) in [5.41, 5.74) is 2.04. The molecule has 5 nitrogen and oxygen atoms in total. The molecule has 1 aromatic carbocycles. The van der Waals surface area contributed by atoms with E-state index in [-0.39, 0.29) is 17.5 Å². The SMILES string of the molecule is O=C(N[C@@H]1CCCc2nc(N3CCCCC3)ncc21)c1ccccc1F. The monoisotopic (exact) mass is 354 g/mol. The van der Waals surface area contributed by atoms with Gasteiger partial charge in [0.05, 0.1) is 17.3 Å². The third kappa shape index (κ3) is 3.41. The van der Waals surface area contributed by atoms with Gasteiger partial charge in [-0.3, -0.25) is 4.79 Å². The summed E-state index contributed by atoms with van der Waals surface area (Å²) in [5.74, 6) is -0.0942. The summed E-state index contributed by atoms with van der Waals surface area (Å²) in [5, 5.41) is 2.96. The standard InChI is InChI=1S/C20H23FN4O/c21-16-8-3-2-7-14(16)19(26)23-17-9-6-10-18-15(17)13-22-20(24-18)25-11-4-1-5-12-25/h2-3,7-8,13,17H,1,4-6,9-12H2,(H,23,26)/t17-/m1/s1. The molecule has 1 aromatic heterocycles. The van der Waals surface area contributed by atoms with Crippen LogP contribution in [-0.4, -0.2) is 29.0 Å². The van der Waals surface area contributed by atoms with E-state index in [2.05, 4.69) is 15.2 Å². The summed E-state index contributed by atoms with van der Waals surface area (Å²) in [4.78, 5) is 24.0. The number of hydrogen-bond donors (Lipinski definition) is 1. The number of hydrogen-bond acceptors (Lipinski definition) is 4. The van der Waals surface area contributed by atoms with Crippen LogP contribution in [0.5, 0.6) is 0 Å². The lowest BCUT2D eigenvalue weighted by atomic mass is 9.92. The van der Waals surface area contributed by atoms with Crippen LogP contribution in [0.1, 0.15) is 59.8 Å². The van der Waals surface area contributed by atoms with Gasteiger partial charge >= 0.3 is 0 Å². The van der Waals surface area contributed by atoms with E-state index in [0.717, 1.165) is 49.6 Å². The minimum Gasteiger partial charge on any atom is -0.345 e. The summed E-state index contributed by atoms with van der Waals surface area (Å²) in [6.45, 7) is 2.01. The van der Waals surface area contributed by atoms with Crippen molar-refractivity contribution in [1.82, 2.24) is 15.3 Å². The van der Waals surface area contributed by atoms with Crippen LogP contribution < -0.4 is 10.2 Å². The number of aromatic nitrogens is 2. The van der Waals surface area contributed by atoms with Crippen molar-refractivity contribution in [2.45, 2.75) is 44.6 Å². The Kier molecular flexibility index (Phi) is 4.82. The number of piperidine rings is 1. The molecule has 26 heavy (non-hydrogen) atoms. The van der Waals surface area contributed by atoms with Crippen LogP contribution in [0.3, 0.4) is 0 Å². The van der Waals surface area contributed by atoms with Crippen molar-refractivity contribution in [2.75, 3.05) is 18.0 Å². The van der Waals surface area contributed by atoms with Crippen LogP contribution in [-0.2, 0) is 6.42 Å². The Bertz CT molecular complexity index is 804. The smallest absolute Gasteiger partial charge is 0.254 e. The maximum atomic E-state index is 13.9. The summed E-state index contributed by atoms with van der Waals surface area (Å²) in [6.07, 6.45) is 8.14. The van der Waals surface area contributed by atoms with E-state index in [1.54, 1.807) is 12.1 Å². The molecule has 0 radical (unpaired) electrons. The Balaban J connectivity index is 1.53. The lowest BCUT2D eigenvalue weighted by Gasteiger charge is -2.29. The second-order valence-corrected chi connectivity index (χ2v) is 7.02. The Hall–Kier alpha value is -2.50. The Morgan fingerprint density at radius 1 is 1.15 bits per heavy atom. The highest BCUT2D eigenvalue weighted by Gasteiger charge is 2.26. The summed E-state index contributed by atoms with van der Waals surface area (Å²) in [6, 6.07) is 5.89. The van der Waals surface area contributed by atoms with Crippen LogP contribution in [0.15, 0.2) is 30.5 Å². The fourth-order valence-electron chi connectivity index (χ4n) is 3.81. The largest absolute Gasteiger partial charge is 0.345 e. The average molecular weight is 354 g/mol. The predicted octanol–water partition coefficient (Wildman–Crippen LogP) is 3.41. The number of amides is 1. The van der Waals surface area contributed by atoms with Gasteiger partial charge in [0.1, 0.15) is 5.82 Å². The van der Waals surface area contributed by atoms with Gasteiger partial charge in [-0.15, -0.1) is 0 Å². The molecule has 6 heteroatoms. The van der Waals surface area contributed by atoms with E-state index in [1.807, 2.05) is 6.20 Å². The van der Waals surface area contributed by atoms with E-state index in [4.69, 9.17) is 4.98 Å². The first kappa shape index (κ1) is 16.9. The second kappa shape index (κ2) is 7.40. The fourth-order valence-corrected chi connectivity index (χ4v) is 3.81. The molecule has 4 rings (SSSR count). The molecular weight excluding hydrogens is 331 g/mol. The molecule has 0 spiro atoms.